The van der Waals surface area contributed by atoms with Crippen molar-refractivity contribution in [3.05, 3.63) is 0 Å². The Balaban J connectivity index is 4.10. The predicted octanol–water partition coefficient (Wildman–Crippen LogP) is 2.50. The normalized spacial score (nSPS) is 12.5. The Morgan fingerprint density at radius 1 is 1.12 bits per heavy atom. The van der Waals surface area contributed by atoms with Gasteiger partial charge in [-0.2, -0.15) is 0 Å². The molecule has 0 saturated heterocycles. The molecule has 0 fully saturated rings. The summed E-state index contributed by atoms with van der Waals surface area (Å²) in [7, 11) is 0. The monoisotopic (exact) mass is 260 g/mol. The summed E-state index contributed by atoms with van der Waals surface area (Å²) in [5.41, 5.74) is 0. The molecule has 0 aromatic heterocycles. The molecule has 0 radical (unpaired) electrons. The van der Waals surface area contributed by atoms with Crippen molar-refractivity contribution in [2.75, 3.05) is 0 Å². The highest BCUT2D eigenvalue weighted by Gasteiger charge is 2.19. The minimum atomic E-state index is -0.955. The van der Waals surface area contributed by atoms with Crippen LogP contribution in [0.3, 0.4) is 0 Å². The van der Waals surface area contributed by atoms with Crippen molar-refractivity contribution in [2.45, 2.75) is 51.7 Å². The smallest absolute Gasteiger partial charge is 0.303 e. The van der Waals surface area contributed by atoms with E-state index in [2.05, 4.69) is 0 Å². The fourth-order valence-corrected chi connectivity index (χ4v) is 2.38. The molecule has 0 saturated carbocycles. The minimum absolute atomic E-state index is 0.0588. The third-order valence-corrected chi connectivity index (χ3v) is 3.90. The average Bonchev–Trinajstić information content (AvgIpc) is 2.20. The van der Waals surface area contributed by atoms with Crippen molar-refractivity contribution in [3.63, 3.8) is 0 Å². The maximum absolute atomic E-state index is 11.5. The van der Waals surface area contributed by atoms with Crippen molar-refractivity contribution >= 4 is 28.6 Å². The molecule has 0 aromatic carbocycles. The highest BCUT2D eigenvalue weighted by molar-refractivity contribution is 8.14. The van der Waals surface area contributed by atoms with Gasteiger partial charge in [-0.25, -0.2) is 0 Å². The van der Waals surface area contributed by atoms with Crippen molar-refractivity contribution in [1.82, 2.24) is 0 Å². The Morgan fingerprint density at radius 2 is 1.71 bits per heavy atom. The quantitative estimate of drug-likeness (QED) is 0.726. The Bertz CT molecular complexity index is 286. The molecule has 0 aromatic rings. The van der Waals surface area contributed by atoms with Crippen molar-refractivity contribution < 1.29 is 19.5 Å². The largest absolute Gasteiger partial charge is 0.481 e. The van der Waals surface area contributed by atoms with Gasteiger partial charge in [0.25, 0.3) is 0 Å². The molecular weight excluding hydrogens is 240 g/mol. The van der Waals surface area contributed by atoms with Crippen LogP contribution in [0.25, 0.3) is 0 Å². The summed E-state index contributed by atoms with van der Waals surface area (Å²) in [5, 5.41) is 8.47. The van der Waals surface area contributed by atoms with E-state index in [1.807, 2.05) is 13.8 Å². The maximum Gasteiger partial charge on any atom is 0.303 e. The highest BCUT2D eigenvalue weighted by Crippen LogP contribution is 2.26. The SMILES string of the molecule is CC(=O)CCC(SC(=O)CCC(=O)O)C(C)C. The molecule has 1 atom stereocenters. The zero-order valence-corrected chi connectivity index (χ0v) is 11.4. The van der Waals surface area contributed by atoms with E-state index in [1.165, 1.54) is 18.7 Å². The Kier molecular flexibility index (Phi) is 7.87. The lowest BCUT2D eigenvalue weighted by Gasteiger charge is -2.18. The van der Waals surface area contributed by atoms with Gasteiger partial charge in [-0.15, -0.1) is 0 Å². The molecule has 1 N–H and O–H groups in total. The summed E-state index contributed by atoms with van der Waals surface area (Å²) in [6.07, 6.45) is 1.09. The average molecular weight is 260 g/mol. The predicted molar refractivity (Wildman–Crippen MR) is 68.0 cm³/mol. The van der Waals surface area contributed by atoms with Gasteiger partial charge in [0.05, 0.1) is 6.42 Å². The lowest BCUT2D eigenvalue weighted by Crippen LogP contribution is -2.16. The number of carbonyl (C=O) groups is 3. The van der Waals surface area contributed by atoms with Gasteiger partial charge in [-0.3, -0.25) is 9.59 Å². The number of carboxylic acid groups (broad SMARTS) is 1. The number of hydrogen-bond acceptors (Lipinski definition) is 4. The van der Waals surface area contributed by atoms with E-state index in [4.69, 9.17) is 5.11 Å². The molecule has 0 heterocycles. The van der Waals surface area contributed by atoms with Gasteiger partial charge < -0.3 is 9.90 Å². The van der Waals surface area contributed by atoms with E-state index in [9.17, 15) is 14.4 Å². The molecule has 4 nitrogen and oxygen atoms in total. The van der Waals surface area contributed by atoms with Crippen LogP contribution in [0.4, 0.5) is 0 Å². The summed E-state index contributed by atoms with van der Waals surface area (Å²) in [5.74, 6) is -0.536. The third-order valence-electron chi connectivity index (χ3n) is 2.35. The van der Waals surface area contributed by atoms with Gasteiger partial charge in [0, 0.05) is 18.1 Å². The first kappa shape index (κ1) is 16.2. The molecule has 17 heavy (non-hydrogen) atoms. The van der Waals surface area contributed by atoms with Crippen LogP contribution < -0.4 is 0 Å². The number of carbonyl (C=O) groups excluding carboxylic acids is 2. The zero-order chi connectivity index (χ0) is 13.4. The highest BCUT2D eigenvalue weighted by atomic mass is 32.2. The van der Waals surface area contributed by atoms with Gasteiger partial charge in [0.1, 0.15) is 5.78 Å². The summed E-state index contributed by atoms with van der Waals surface area (Å²) in [6, 6.07) is 0. The molecule has 0 spiro atoms. The number of hydrogen-bond donors (Lipinski definition) is 1. The lowest BCUT2D eigenvalue weighted by atomic mass is 10.0. The van der Waals surface area contributed by atoms with Crippen LogP contribution in [0.1, 0.15) is 46.5 Å². The first-order valence-corrected chi connectivity index (χ1v) is 6.61. The Morgan fingerprint density at radius 3 is 2.12 bits per heavy atom. The molecule has 0 amide bonds. The summed E-state index contributed by atoms with van der Waals surface area (Å²) in [4.78, 5) is 32.8. The molecular formula is C12H20O4S. The second-order valence-electron chi connectivity index (χ2n) is 4.41. The second kappa shape index (κ2) is 8.28. The molecule has 98 valence electrons. The third kappa shape index (κ3) is 8.92. The summed E-state index contributed by atoms with van der Waals surface area (Å²) < 4.78 is 0. The molecule has 0 aliphatic carbocycles. The fourth-order valence-electron chi connectivity index (χ4n) is 1.31. The van der Waals surface area contributed by atoms with Crippen molar-refractivity contribution in [1.29, 1.82) is 0 Å². The maximum atomic E-state index is 11.5. The molecule has 0 rings (SSSR count). The first-order chi connectivity index (χ1) is 7.82. The van der Waals surface area contributed by atoms with Gasteiger partial charge in [0.2, 0.25) is 0 Å². The number of rotatable bonds is 8. The Hall–Kier alpha value is -0.840. The van der Waals surface area contributed by atoms with Gasteiger partial charge in [-0.05, 0) is 19.3 Å². The van der Waals surface area contributed by atoms with Crippen LogP contribution in [0.5, 0.6) is 0 Å². The minimum Gasteiger partial charge on any atom is -0.481 e. The number of ketones is 1. The van der Waals surface area contributed by atoms with Crippen LogP contribution in [0.15, 0.2) is 0 Å². The van der Waals surface area contributed by atoms with E-state index in [0.29, 0.717) is 18.8 Å². The molecule has 0 aliphatic heterocycles. The number of Topliss-reactive ketones (excluding diaryl/α,β-unsaturated/α-hetero) is 1. The lowest BCUT2D eigenvalue weighted by molar-refractivity contribution is -0.138. The van der Waals surface area contributed by atoms with Crippen LogP contribution >= 0.6 is 11.8 Å². The fraction of sp³-hybridized carbons (Fsp3) is 0.750. The zero-order valence-electron chi connectivity index (χ0n) is 10.6. The van der Waals surface area contributed by atoms with Gasteiger partial charge in [-0.1, -0.05) is 25.6 Å². The van der Waals surface area contributed by atoms with Crippen LogP contribution in [0.2, 0.25) is 0 Å². The second-order valence-corrected chi connectivity index (χ2v) is 5.70. The van der Waals surface area contributed by atoms with E-state index in [-0.39, 0.29) is 29.0 Å². The molecule has 0 bridgehead atoms. The standard InChI is InChI=1S/C12H20O4S/c1-8(2)10(5-4-9(3)13)17-12(16)7-6-11(14)15/h8,10H,4-7H2,1-3H3,(H,14,15). The first-order valence-electron chi connectivity index (χ1n) is 5.73. The number of carboxylic acids is 1. The van der Waals surface area contributed by atoms with Gasteiger partial charge in [0.15, 0.2) is 5.12 Å². The van der Waals surface area contributed by atoms with Crippen molar-refractivity contribution in [3.8, 4) is 0 Å². The van der Waals surface area contributed by atoms with Crippen LogP contribution in [0, 0.1) is 5.92 Å². The molecule has 1 unspecified atom stereocenters. The van der Waals surface area contributed by atoms with Gasteiger partial charge >= 0.3 is 5.97 Å². The van der Waals surface area contributed by atoms with Crippen molar-refractivity contribution in [2.24, 2.45) is 5.92 Å². The summed E-state index contributed by atoms with van der Waals surface area (Å²) in [6.45, 7) is 5.54. The van der Waals surface area contributed by atoms with E-state index >= 15 is 0 Å². The van der Waals surface area contributed by atoms with E-state index in [1.54, 1.807) is 0 Å². The molecule has 5 heteroatoms. The number of aliphatic carboxylic acids is 1. The van der Waals surface area contributed by atoms with E-state index in [0.717, 1.165) is 0 Å². The van der Waals surface area contributed by atoms with Crippen LogP contribution in [-0.4, -0.2) is 27.2 Å². The van der Waals surface area contributed by atoms with Crippen LogP contribution in [-0.2, 0) is 14.4 Å². The Labute approximate surface area is 106 Å². The number of thioether (sulfide) groups is 1. The van der Waals surface area contributed by atoms with E-state index < -0.39 is 5.97 Å². The molecule has 0 aliphatic rings. The topological polar surface area (TPSA) is 71.4 Å². The summed E-state index contributed by atoms with van der Waals surface area (Å²) >= 11 is 1.18.